The minimum Gasteiger partial charge on any atom is -0.381 e. The number of benzene rings is 2. The molecule has 2 saturated heterocycles. The first-order valence-electron chi connectivity index (χ1n) is 13.4. The molecule has 0 spiro atoms. The van der Waals surface area contributed by atoms with Gasteiger partial charge in [0.25, 0.3) is 5.56 Å². The molecule has 2 aromatic heterocycles. The van der Waals surface area contributed by atoms with E-state index in [-0.39, 0.29) is 17.6 Å². The van der Waals surface area contributed by atoms with Gasteiger partial charge in [-0.1, -0.05) is 60.1 Å². The molecule has 1 aliphatic carbocycles. The number of hydrogen-bond donors (Lipinski definition) is 1. The molecule has 2 aromatic carbocycles. The van der Waals surface area contributed by atoms with Crippen LogP contribution < -0.4 is 10.9 Å². The van der Waals surface area contributed by atoms with Crippen molar-refractivity contribution >= 4 is 28.6 Å². The lowest BCUT2D eigenvalue weighted by Crippen LogP contribution is -2.57. The fourth-order valence-corrected chi connectivity index (χ4v) is 6.36. The van der Waals surface area contributed by atoms with Crippen LogP contribution in [0.3, 0.4) is 0 Å². The Kier molecular flexibility index (Phi) is 6.15. The lowest BCUT2D eigenvalue weighted by Gasteiger charge is -2.47. The van der Waals surface area contributed by atoms with Gasteiger partial charge in [-0.3, -0.25) is 14.3 Å². The molecule has 4 heterocycles. The molecule has 38 heavy (non-hydrogen) atoms. The van der Waals surface area contributed by atoms with Crippen LogP contribution in [0.2, 0.25) is 5.02 Å². The fraction of sp³-hybridized carbons (Fsp3) is 0.367. The van der Waals surface area contributed by atoms with Gasteiger partial charge in [0.1, 0.15) is 5.65 Å². The molecular formula is C30H30ClN5O2. The van der Waals surface area contributed by atoms with Crippen LogP contribution in [-0.4, -0.2) is 51.8 Å². The zero-order valence-electron chi connectivity index (χ0n) is 21.1. The van der Waals surface area contributed by atoms with E-state index in [1.54, 1.807) is 0 Å². The van der Waals surface area contributed by atoms with E-state index >= 15 is 0 Å². The largest absolute Gasteiger partial charge is 0.381 e. The van der Waals surface area contributed by atoms with Crippen LogP contribution in [0.25, 0.3) is 22.2 Å². The summed E-state index contributed by atoms with van der Waals surface area (Å²) in [6, 6.07) is 20.4. The van der Waals surface area contributed by atoms with E-state index in [9.17, 15) is 4.79 Å². The third-order valence-corrected chi connectivity index (χ3v) is 8.39. The molecule has 8 heteroatoms. The highest BCUT2D eigenvalue weighted by Crippen LogP contribution is 2.37. The Morgan fingerprint density at radius 3 is 2.45 bits per heavy atom. The van der Waals surface area contributed by atoms with Crippen LogP contribution in [0, 0.1) is 11.8 Å². The molecule has 7 nitrogen and oxygen atoms in total. The summed E-state index contributed by atoms with van der Waals surface area (Å²) < 4.78 is 7.80. The van der Waals surface area contributed by atoms with Gasteiger partial charge >= 0.3 is 0 Å². The van der Waals surface area contributed by atoms with Crippen molar-refractivity contribution in [2.75, 3.05) is 31.6 Å². The number of rotatable bonds is 6. The summed E-state index contributed by atoms with van der Waals surface area (Å²) in [5, 5.41) is 5.07. The van der Waals surface area contributed by atoms with Crippen molar-refractivity contribution in [3.05, 3.63) is 87.8 Å². The molecule has 1 N–H and O–H groups in total. The van der Waals surface area contributed by atoms with Crippen molar-refractivity contribution in [3.8, 4) is 11.1 Å². The smallest absolute Gasteiger partial charge is 0.260 e. The summed E-state index contributed by atoms with van der Waals surface area (Å²) in [5.41, 5.74) is 3.32. The standard InChI is InChI=1S/C30H30ClN5O2/c31-26-9-5-4-8-24(26)25-12-20-13-32-30(34-28(20)36(29(25)37)23-10-11-23)33-27-21-15-35(16-22(27)18-38-17-21)14-19-6-2-1-3-7-19/h1-9,12-13,21-23,27H,10-11,14-18H2,(H,32,33,34). The average Bonchev–Trinajstić information content (AvgIpc) is 3.75. The lowest BCUT2D eigenvalue weighted by molar-refractivity contribution is -0.0514. The second kappa shape index (κ2) is 9.80. The molecule has 1 saturated carbocycles. The Morgan fingerprint density at radius 2 is 1.71 bits per heavy atom. The van der Waals surface area contributed by atoms with Gasteiger partial charge in [0, 0.05) is 71.3 Å². The van der Waals surface area contributed by atoms with Gasteiger partial charge in [0.15, 0.2) is 0 Å². The number of likely N-dealkylation sites (tertiary alicyclic amines) is 1. The summed E-state index contributed by atoms with van der Waals surface area (Å²) in [6.07, 6.45) is 3.80. The molecule has 2 unspecified atom stereocenters. The quantitative estimate of drug-likeness (QED) is 0.380. The minimum absolute atomic E-state index is 0.0442. The molecule has 7 rings (SSSR count). The lowest BCUT2D eigenvalue weighted by atomic mass is 9.82. The monoisotopic (exact) mass is 527 g/mol. The predicted octanol–water partition coefficient (Wildman–Crippen LogP) is 5.01. The van der Waals surface area contributed by atoms with Gasteiger partial charge in [-0.25, -0.2) is 4.98 Å². The number of anilines is 1. The molecule has 3 aliphatic rings. The number of pyridine rings is 1. The van der Waals surface area contributed by atoms with Gasteiger partial charge < -0.3 is 10.1 Å². The maximum atomic E-state index is 13.7. The molecule has 4 aromatic rings. The molecule has 0 amide bonds. The van der Waals surface area contributed by atoms with Crippen LogP contribution in [0.1, 0.15) is 24.4 Å². The summed E-state index contributed by atoms with van der Waals surface area (Å²) in [7, 11) is 0. The number of halogens is 1. The van der Waals surface area contributed by atoms with Crippen LogP contribution in [0.5, 0.6) is 0 Å². The first-order valence-corrected chi connectivity index (χ1v) is 13.8. The third kappa shape index (κ3) is 4.49. The SMILES string of the molecule is O=c1c(-c2ccccc2Cl)cc2cnc(NC3C4COCC3CN(Cc3ccccc3)C4)nc2n1C1CC1. The van der Waals surface area contributed by atoms with Crippen LogP contribution in [-0.2, 0) is 11.3 Å². The number of aromatic nitrogens is 3. The second-order valence-electron chi connectivity index (χ2n) is 10.8. The van der Waals surface area contributed by atoms with Crippen LogP contribution in [0.15, 0.2) is 71.7 Å². The molecule has 194 valence electrons. The normalized spacial score (nSPS) is 23.4. The molecule has 3 fully saturated rings. The number of nitrogens with one attached hydrogen (secondary N) is 1. The topological polar surface area (TPSA) is 72.3 Å². The highest BCUT2D eigenvalue weighted by atomic mass is 35.5. The Morgan fingerprint density at radius 1 is 0.974 bits per heavy atom. The Labute approximate surface area is 226 Å². The van der Waals surface area contributed by atoms with Crippen molar-refractivity contribution in [2.45, 2.75) is 31.5 Å². The summed E-state index contributed by atoms with van der Waals surface area (Å²) >= 11 is 6.46. The zero-order chi connectivity index (χ0) is 25.6. The van der Waals surface area contributed by atoms with E-state index in [1.807, 2.05) is 41.1 Å². The number of fused-ring (bicyclic) bond motifs is 3. The number of piperidine rings is 1. The Balaban J connectivity index is 1.18. The van der Waals surface area contributed by atoms with Gasteiger partial charge in [-0.2, -0.15) is 4.98 Å². The highest BCUT2D eigenvalue weighted by Gasteiger charge is 2.40. The fourth-order valence-electron chi connectivity index (χ4n) is 6.12. The van der Waals surface area contributed by atoms with Crippen molar-refractivity contribution in [2.24, 2.45) is 11.8 Å². The number of ether oxygens (including phenoxy) is 1. The summed E-state index contributed by atoms with van der Waals surface area (Å²) in [6.45, 7) is 4.33. The Hall–Kier alpha value is -3.26. The minimum atomic E-state index is -0.0442. The van der Waals surface area contributed by atoms with E-state index in [2.05, 4.69) is 40.5 Å². The molecule has 0 radical (unpaired) electrons. The van der Waals surface area contributed by atoms with Gasteiger partial charge in [0.2, 0.25) is 5.95 Å². The summed E-state index contributed by atoms with van der Waals surface area (Å²) in [5.74, 6) is 1.27. The first kappa shape index (κ1) is 23.8. The third-order valence-electron chi connectivity index (χ3n) is 8.06. The number of nitrogens with zero attached hydrogens (tertiary/aromatic N) is 4. The molecule has 2 atom stereocenters. The second-order valence-corrected chi connectivity index (χ2v) is 11.2. The first-order chi connectivity index (χ1) is 18.6. The van der Waals surface area contributed by atoms with Gasteiger partial charge in [-0.05, 0) is 30.5 Å². The van der Waals surface area contributed by atoms with Crippen molar-refractivity contribution in [3.63, 3.8) is 0 Å². The maximum absolute atomic E-state index is 13.7. The van der Waals surface area contributed by atoms with Crippen molar-refractivity contribution in [1.82, 2.24) is 19.4 Å². The molecule has 2 aliphatic heterocycles. The number of hydrogen-bond acceptors (Lipinski definition) is 6. The van der Waals surface area contributed by atoms with E-state index < -0.39 is 0 Å². The van der Waals surface area contributed by atoms with Gasteiger partial charge in [-0.15, -0.1) is 0 Å². The Bertz CT molecular complexity index is 1520. The van der Waals surface area contributed by atoms with E-state index in [1.165, 1.54) is 5.56 Å². The zero-order valence-corrected chi connectivity index (χ0v) is 21.8. The van der Waals surface area contributed by atoms with Crippen molar-refractivity contribution in [1.29, 1.82) is 0 Å². The molecular weight excluding hydrogens is 498 g/mol. The van der Waals surface area contributed by atoms with E-state index in [0.29, 0.717) is 34.0 Å². The summed E-state index contributed by atoms with van der Waals surface area (Å²) in [4.78, 5) is 25.8. The maximum Gasteiger partial charge on any atom is 0.260 e. The predicted molar refractivity (Wildman–Crippen MR) is 149 cm³/mol. The average molecular weight is 528 g/mol. The highest BCUT2D eigenvalue weighted by molar-refractivity contribution is 6.33. The van der Waals surface area contributed by atoms with E-state index in [4.69, 9.17) is 26.3 Å². The molecule has 2 bridgehead atoms. The van der Waals surface area contributed by atoms with E-state index in [0.717, 1.165) is 56.6 Å². The van der Waals surface area contributed by atoms with Crippen molar-refractivity contribution < 1.29 is 4.74 Å². The van der Waals surface area contributed by atoms with Crippen LogP contribution in [0.4, 0.5) is 5.95 Å². The van der Waals surface area contributed by atoms with Crippen LogP contribution >= 0.6 is 11.6 Å². The van der Waals surface area contributed by atoms with Gasteiger partial charge in [0.05, 0.1) is 13.2 Å².